The van der Waals surface area contributed by atoms with Crippen molar-refractivity contribution in [3.8, 4) is 0 Å². The molecule has 6 heteroatoms. The zero-order valence-electron chi connectivity index (χ0n) is 12.4. The van der Waals surface area contributed by atoms with Crippen molar-refractivity contribution in [1.29, 1.82) is 0 Å². The number of hydrogen-bond donors (Lipinski definition) is 2. The predicted molar refractivity (Wildman–Crippen MR) is 88.3 cm³/mol. The highest BCUT2D eigenvalue weighted by Crippen LogP contribution is 2.28. The quantitative estimate of drug-likeness (QED) is 0.885. The number of rotatable bonds is 5. The summed E-state index contributed by atoms with van der Waals surface area (Å²) in [4.78, 5) is 1.93. The number of nitrogens with one attached hydrogen (secondary N) is 1. The van der Waals surface area contributed by atoms with Gasteiger partial charge in [0.05, 0.1) is 0 Å². The molecule has 1 aromatic heterocycles. The Labute approximate surface area is 130 Å². The third-order valence-electron chi connectivity index (χ3n) is 3.22. The molecule has 0 spiro atoms. The van der Waals surface area contributed by atoms with Gasteiger partial charge in [-0.25, -0.2) is 8.42 Å². The summed E-state index contributed by atoms with van der Waals surface area (Å²) in [5, 5.41) is 0. The normalized spacial score (nSPS) is 11.9. The Morgan fingerprint density at radius 2 is 2.00 bits per heavy atom. The lowest BCUT2D eigenvalue weighted by atomic mass is 10.0. The fraction of sp³-hybridized carbons (Fsp3) is 0.333. The van der Waals surface area contributed by atoms with Crippen LogP contribution in [0.2, 0.25) is 0 Å². The molecule has 0 aliphatic carbocycles. The second-order valence-corrected chi connectivity index (χ2v) is 8.21. The van der Waals surface area contributed by atoms with Crippen LogP contribution in [0.25, 0.3) is 0 Å². The molecule has 0 fully saturated rings. The first-order valence-corrected chi connectivity index (χ1v) is 9.05. The lowest BCUT2D eigenvalue weighted by Crippen LogP contribution is -2.13. The first-order chi connectivity index (χ1) is 9.83. The van der Waals surface area contributed by atoms with E-state index in [1.165, 1.54) is 11.3 Å². The van der Waals surface area contributed by atoms with Crippen molar-refractivity contribution in [3.63, 3.8) is 0 Å². The number of nitrogens with two attached hydrogens (primary N) is 1. The zero-order valence-corrected chi connectivity index (χ0v) is 14.0. The van der Waals surface area contributed by atoms with Gasteiger partial charge < -0.3 is 5.73 Å². The first kappa shape index (κ1) is 16.0. The van der Waals surface area contributed by atoms with Gasteiger partial charge >= 0.3 is 0 Å². The van der Waals surface area contributed by atoms with Gasteiger partial charge in [0, 0.05) is 22.0 Å². The average Bonchev–Trinajstić information content (AvgIpc) is 2.80. The summed E-state index contributed by atoms with van der Waals surface area (Å²) < 4.78 is 27.6. The molecule has 0 saturated heterocycles. The van der Waals surface area contributed by atoms with Crippen molar-refractivity contribution in [2.24, 2.45) is 5.73 Å². The molecule has 21 heavy (non-hydrogen) atoms. The third kappa shape index (κ3) is 3.64. The van der Waals surface area contributed by atoms with E-state index in [2.05, 4.69) is 18.6 Å². The van der Waals surface area contributed by atoms with E-state index in [0.29, 0.717) is 23.0 Å². The van der Waals surface area contributed by atoms with Crippen LogP contribution in [0, 0.1) is 6.92 Å². The molecule has 1 aromatic carbocycles. The molecule has 0 radical (unpaired) electrons. The van der Waals surface area contributed by atoms with Crippen molar-refractivity contribution >= 4 is 27.0 Å². The highest BCUT2D eigenvalue weighted by atomic mass is 32.2. The number of hydrogen-bond acceptors (Lipinski definition) is 4. The summed E-state index contributed by atoms with van der Waals surface area (Å²) >= 11 is 1.42. The van der Waals surface area contributed by atoms with Crippen LogP contribution in [-0.2, 0) is 16.6 Å². The second kappa shape index (κ2) is 6.17. The van der Waals surface area contributed by atoms with E-state index in [1.54, 1.807) is 19.1 Å². The fourth-order valence-electron chi connectivity index (χ4n) is 2.06. The zero-order chi connectivity index (χ0) is 15.6. The molecule has 4 nitrogen and oxygen atoms in total. The Morgan fingerprint density at radius 3 is 2.57 bits per heavy atom. The summed E-state index contributed by atoms with van der Waals surface area (Å²) in [7, 11) is -3.57. The summed E-state index contributed by atoms with van der Waals surface area (Å²) in [6, 6.07) is 9.13. The summed E-state index contributed by atoms with van der Waals surface area (Å²) in [5.41, 5.74) is 7.26. The minimum absolute atomic E-state index is 0.308. The second-order valence-electron chi connectivity index (χ2n) is 5.22. The minimum atomic E-state index is -3.57. The highest BCUT2D eigenvalue weighted by molar-refractivity contribution is 7.93. The van der Waals surface area contributed by atoms with Crippen LogP contribution in [0.1, 0.15) is 35.1 Å². The Bertz CT molecular complexity index is 734. The molecule has 2 rings (SSSR count). The van der Waals surface area contributed by atoms with Crippen LogP contribution in [0.15, 0.2) is 35.2 Å². The molecule has 0 bridgehead atoms. The monoisotopic (exact) mass is 324 g/mol. The third-order valence-corrected chi connectivity index (χ3v) is 5.93. The van der Waals surface area contributed by atoms with Gasteiger partial charge in [-0.1, -0.05) is 26.0 Å². The number of thiophene rings is 1. The molecule has 0 saturated carbocycles. The standard InChI is InChI=1S/C15H20N2O2S2/c1-10(2)12-5-4-6-13(7-12)17-21(18,19)15-8-14(9-16)20-11(15)3/h4-8,10,17H,9,16H2,1-3H3. The van der Waals surface area contributed by atoms with E-state index in [4.69, 9.17) is 5.73 Å². The topological polar surface area (TPSA) is 72.2 Å². The van der Waals surface area contributed by atoms with E-state index >= 15 is 0 Å². The Hall–Kier alpha value is -1.37. The Balaban J connectivity index is 2.33. The lowest BCUT2D eigenvalue weighted by molar-refractivity contribution is 0.601. The van der Waals surface area contributed by atoms with E-state index in [-0.39, 0.29) is 0 Å². The van der Waals surface area contributed by atoms with Crippen LogP contribution in [0.3, 0.4) is 0 Å². The molecular formula is C15H20N2O2S2. The Kier molecular flexibility index (Phi) is 4.70. The number of anilines is 1. The molecule has 3 N–H and O–H groups in total. The van der Waals surface area contributed by atoms with Crippen molar-refractivity contribution in [3.05, 3.63) is 45.6 Å². The molecule has 0 amide bonds. The predicted octanol–water partition coefficient (Wildman–Crippen LogP) is 3.44. The molecule has 1 heterocycles. The first-order valence-electron chi connectivity index (χ1n) is 6.75. The molecule has 114 valence electrons. The van der Waals surface area contributed by atoms with Gasteiger partial charge in [0.15, 0.2) is 0 Å². The maximum atomic E-state index is 12.5. The maximum Gasteiger partial charge on any atom is 0.263 e. The summed E-state index contributed by atoms with van der Waals surface area (Å²) in [6.45, 7) is 6.29. The Morgan fingerprint density at radius 1 is 1.29 bits per heavy atom. The molecule has 0 aliphatic heterocycles. The van der Waals surface area contributed by atoms with Crippen LogP contribution in [-0.4, -0.2) is 8.42 Å². The number of sulfonamides is 1. The molecule has 0 aliphatic rings. The van der Waals surface area contributed by atoms with Crippen molar-refractivity contribution < 1.29 is 8.42 Å². The van der Waals surface area contributed by atoms with Crippen LogP contribution >= 0.6 is 11.3 Å². The van der Waals surface area contributed by atoms with E-state index in [9.17, 15) is 8.42 Å². The largest absolute Gasteiger partial charge is 0.326 e. The highest BCUT2D eigenvalue weighted by Gasteiger charge is 2.20. The van der Waals surface area contributed by atoms with Gasteiger partial charge in [0.2, 0.25) is 0 Å². The molecule has 0 unspecified atom stereocenters. The maximum absolute atomic E-state index is 12.5. The molecular weight excluding hydrogens is 304 g/mol. The lowest BCUT2D eigenvalue weighted by Gasteiger charge is -2.11. The average molecular weight is 324 g/mol. The van der Waals surface area contributed by atoms with E-state index < -0.39 is 10.0 Å². The van der Waals surface area contributed by atoms with Crippen molar-refractivity contribution in [2.75, 3.05) is 4.72 Å². The van der Waals surface area contributed by atoms with Gasteiger partial charge in [0.25, 0.3) is 10.0 Å². The smallest absolute Gasteiger partial charge is 0.263 e. The van der Waals surface area contributed by atoms with E-state index in [0.717, 1.165) is 15.3 Å². The fourth-order valence-corrected chi connectivity index (χ4v) is 4.63. The van der Waals surface area contributed by atoms with Crippen LogP contribution < -0.4 is 10.5 Å². The van der Waals surface area contributed by atoms with Gasteiger partial charge in [0.1, 0.15) is 4.90 Å². The van der Waals surface area contributed by atoms with Crippen molar-refractivity contribution in [2.45, 2.75) is 38.1 Å². The minimum Gasteiger partial charge on any atom is -0.326 e. The van der Waals surface area contributed by atoms with Gasteiger partial charge in [-0.05, 0) is 36.6 Å². The summed E-state index contributed by atoms with van der Waals surface area (Å²) in [5.74, 6) is 0.348. The van der Waals surface area contributed by atoms with Crippen molar-refractivity contribution in [1.82, 2.24) is 0 Å². The van der Waals surface area contributed by atoms with Crippen LogP contribution in [0.5, 0.6) is 0 Å². The van der Waals surface area contributed by atoms with Gasteiger partial charge in [-0.15, -0.1) is 11.3 Å². The van der Waals surface area contributed by atoms with Gasteiger partial charge in [-0.3, -0.25) is 4.72 Å². The molecule has 2 aromatic rings. The van der Waals surface area contributed by atoms with Crippen LogP contribution in [0.4, 0.5) is 5.69 Å². The number of aryl methyl sites for hydroxylation is 1. The number of benzene rings is 1. The molecule has 0 atom stereocenters. The SMILES string of the molecule is Cc1sc(CN)cc1S(=O)(=O)Nc1cccc(C(C)C)c1. The van der Waals surface area contributed by atoms with E-state index in [1.807, 2.05) is 18.2 Å². The summed E-state index contributed by atoms with van der Waals surface area (Å²) in [6.07, 6.45) is 0. The van der Waals surface area contributed by atoms with Gasteiger partial charge in [-0.2, -0.15) is 0 Å².